The maximum atomic E-state index is 11.7. The molecule has 4 nitrogen and oxygen atoms in total. The van der Waals surface area contributed by atoms with Crippen molar-refractivity contribution in [1.29, 1.82) is 0 Å². The van der Waals surface area contributed by atoms with E-state index in [0.29, 0.717) is 13.2 Å². The molecule has 0 radical (unpaired) electrons. The first-order valence-electron chi connectivity index (χ1n) is 6.28. The van der Waals surface area contributed by atoms with Gasteiger partial charge in [-0.15, -0.1) is 11.3 Å². The number of aryl methyl sites for hydroxylation is 1. The van der Waals surface area contributed by atoms with Gasteiger partial charge in [-0.1, -0.05) is 0 Å². The lowest BCUT2D eigenvalue weighted by Crippen LogP contribution is -2.21. The molecule has 2 rings (SSSR count). The lowest BCUT2D eigenvalue weighted by Gasteiger charge is -2.09. The third-order valence-electron chi connectivity index (χ3n) is 2.89. The van der Waals surface area contributed by atoms with E-state index < -0.39 is 0 Å². The number of aromatic nitrogens is 1. The van der Waals surface area contributed by atoms with E-state index in [4.69, 9.17) is 4.74 Å². The minimum absolute atomic E-state index is 0.0117. The van der Waals surface area contributed by atoms with Gasteiger partial charge in [-0.05, 0) is 35.0 Å². The van der Waals surface area contributed by atoms with E-state index in [0.717, 1.165) is 16.7 Å². The number of hydrogen-bond acceptors (Lipinski definition) is 4. The molecule has 0 unspecified atom stereocenters. The van der Waals surface area contributed by atoms with Gasteiger partial charge in [0.25, 0.3) is 5.56 Å². The summed E-state index contributed by atoms with van der Waals surface area (Å²) in [4.78, 5) is 14.2. The fourth-order valence-electron chi connectivity index (χ4n) is 1.79. The summed E-state index contributed by atoms with van der Waals surface area (Å²) < 4.78 is 7.80. The Bertz CT molecular complexity index is 617. The second-order valence-electron chi connectivity index (χ2n) is 4.41. The second-order valence-corrected chi connectivity index (χ2v) is 6.61. The highest BCUT2D eigenvalue weighted by Gasteiger charge is 2.03. The van der Waals surface area contributed by atoms with Crippen LogP contribution < -0.4 is 10.9 Å². The summed E-state index contributed by atoms with van der Waals surface area (Å²) in [5.41, 5.74) is 0.921. The Hall–Kier alpha value is -1.11. The number of thiophene rings is 1. The van der Waals surface area contributed by atoms with Crippen molar-refractivity contribution in [2.45, 2.75) is 20.0 Å². The number of ether oxygens (including phenoxy) is 1. The summed E-state index contributed by atoms with van der Waals surface area (Å²) in [6.07, 6.45) is 1.83. The van der Waals surface area contributed by atoms with Crippen LogP contribution in [-0.4, -0.2) is 18.3 Å². The number of methoxy groups -OCH3 is 1. The molecule has 0 fully saturated rings. The zero-order valence-electron chi connectivity index (χ0n) is 11.5. The van der Waals surface area contributed by atoms with E-state index in [9.17, 15) is 4.79 Å². The van der Waals surface area contributed by atoms with E-state index in [1.54, 1.807) is 35.1 Å². The molecule has 108 valence electrons. The van der Waals surface area contributed by atoms with Crippen molar-refractivity contribution in [1.82, 2.24) is 4.57 Å². The number of halogens is 1. The maximum Gasteiger partial charge on any atom is 0.250 e. The van der Waals surface area contributed by atoms with E-state index in [-0.39, 0.29) is 5.56 Å². The van der Waals surface area contributed by atoms with Crippen molar-refractivity contribution >= 4 is 33.0 Å². The van der Waals surface area contributed by atoms with Crippen LogP contribution in [0, 0.1) is 6.92 Å². The third-order valence-corrected chi connectivity index (χ3v) is 5.03. The highest BCUT2D eigenvalue weighted by molar-refractivity contribution is 9.10. The van der Waals surface area contributed by atoms with Gasteiger partial charge in [0, 0.05) is 46.7 Å². The highest BCUT2D eigenvalue weighted by atomic mass is 79.9. The van der Waals surface area contributed by atoms with Gasteiger partial charge in [0.05, 0.1) is 12.3 Å². The van der Waals surface area contributed by atoms with Crippen LogP contribution in [0.2, 0.25) is 0 Å². The molecule has 0 aliphatic rings. The number of nitrogens with zero attached hydrogens (tertiary/aromatic N) is 1. The molecule has 6 heteroatoms. The van der Waals surface area contributed by atoms with E-state index in [1.165, 1.54) is 9.75 Å². The third kappa shape index (κ3) is 3.94. The molecular formula is C14H17BrN2O2S. The molecular weight excluding hydrogens is 340 g/mol. The Morgan fingerprint density at radius 1 is 1.45 bits per heavy atom. The van der Waals surface area contributed by atoms with Gasteiger partial charge in [-0.25, -0.2) is 0 Å². The fourth-order valence-corrected chi connectivity index (χ4v) is 3.34. The first kappa shape index (κ1) is 15.3. The van der Waals surface area contributed by atoms with Crippen LogP contribution in [0.1, 0.15) is 9.75 Å². The smallest absolute Gasteiger partial charge is 0.250 e. The van der Waals surface area contributed by atoms with Crippen molar-refractivity contribution < 1.29 is 4.74 Å². The molecule has 0 bridgehead atoms. The maximum absolute atomic E-state index is 11.7. The summed E-state index contributed by atoms with van der Waals surface area (Å²) in [5.74, 6) is 0. The number of hydrogen-bond donors (Lipinski definition) is 1. The van der Waals surface area contributed by atoms with Crippen LogP contribution >= 0.6 is 27.3 Å². The molecule has 0 aliphatic heterocycles. The molecule has 0 saturated carbocycles. The first-order chi connectivity index (χ1) is 9.60. The largest absolute Gasteiger partial charge is 0.383 e. The van der Waals surface area contributed by atoms with Crippen molar-refractivity contribution in [3.63, 3.8) is 0 Å². The Labute approximate surface area is 130 Å². The molecule has 0 saturated heterocycles. The SMILES string of the molecule is COCCn1cc(NCc2cc(Br)c(C)s2)ccc1=O. The van der Waals surface area contributed by atoms with Gasteiger partial charge >= 0.3 is 0 Å². The predicted molar refractivity (Wildman–Crippen MR) is 86.7 cm³/mol. The van der Waals surface area contributed by atoms with Crippen LogP contribution in [0.15, 0.2) is 33.7 Å². The topological polar surface area (TPSA) is 43.3 Å². The van der Waals surface area contributed by atoms with Crippen molar-refractivity contribution in [3.05, 3.63) is 49.0 Å². The molecule has 2 heterocycles. The molecule has 0 aliphatic carbocycles. The van der Waals surface area contributed by atoms with Gasteiger partial charge in [-0.2, -0.15) is 0 Å². The lowest BCUT2D eigenvalue weighted by molar-refractivity contribution is 0.186. The van der Waals surface area contributed by atoms with E-state index in [1.807, 2.05) is 6.20 Å². The standard InChI is InChI=1S/C14H17BrN2O2S/c1-10-13(15)7-12(20-10)8-16-11-3-4-14(18)17(9-11)5-6-19-2/h3-4,7,9,16H,5-6,8H2,1-2H3. The summed E-state index contributed by atoms with van der Waals surface area (Å²) in [6.45, 7) is 3.93. The molecule has 2 aromatic rings. The van der Waals surface area contributed by atoms with Gasteiger partial charge in [0.15, 0.2) is 0 Å². The zero-order valence-corrected chi connectivity index (χ0v) is 13.9. The minimum atomic E-state index is -0.0117. The van der Waals surface area contributed by atoms with Gasteiger partial charge < -0.3 is 14.6 Å². The number of anilines is 1. The quantitative estimate of drug-likeness (QED) is 0.863. The molecule has 0 atom stereocenters. The summed E-state index contributed by atoms with van der Waals surface area (Å²) in [7, 11) is 1.63. The van der Waals surface area contributed by atoms with Crippen LogP contribution in [0.5, 0.6) is 0 Å². The van der Waals surface area contributed by atoms with Crippen LogP contribution in [-0.2, 0) is 17.8 Å². The molecule has 2 aromatic heterocycles. The minimum Gasteiger partial charge on any atom is -0.383 e. The molecule has 20 heavy (non-hydrogen) atoms. The van der Waals surface area contributed by atoms with Crippen LogP contribution in [0.25, 0.3) is 0 Å². The summed E-state index contributed by atoms with van der Waals surface area (Å²) in [6, 6.07) is 5.50. The molecule has 0 amide bonds. The van der Waals surface area contributed by atoms with Crippen molar-refractivity contribution in [2.75, 3.05) is 19.0 Å². The molecule has 0 aromatic carbocycles. The predicted octanol–water partition coefficient (Wildman–Crippen LogP) is 3.24. The number of pyridine rings is 1. The van der Waals surface area contributed by atoms with Crippen LogP contribution in [0.3, 0.4) is 0 Å². The molecule has 0 spiro atoms. The Morgan fingerprint density at radius 2 is 2.25 bits per heavy atom. The number of rotatable bonds is 6. The Morgan fingerprint density at radius 3 is 2.90 bits per heavy atom. The first-order valence-corrected chi connectivity index (χ1v) is 7.89. The fraction of sp³-hybridized carbons (Fsp3) is 0.357. The van der Waals surface area contributed by atoms with Gasteiger partial charge in [0.2, 0.25) is 0 Å². The van der Waals surface area contributed by atoms with Crippen molar-refractivity contribution in [2.24, 2.45) is 0 Å². The van der Waals surface area contributed by atoms with Crippen molar-refractivity contribution in [3.8, 4) is 0 Å². The lowest BCUT2D eigenvalue weighted by atomic mass is 10.3. The van der Waals surface area contributed by atoms with Gasteiger partial charge in [-0.3, -0.25) is 4.79 Å². The molecule has 1 N–H and O–H groups in total. The average Bonchev–Trinajstić information content (AvgIpc) is 2.75. The second kappa shape index (κ2) is 7.06. The number of nitrogens with one attached hydrogen (secondary N) is 1. The summed E-state index contributed by atoms with van der Waals surface area (Å²) in [5, 5.41) is 3.33. The van der Waals surface area contributed by atoms with Crippen LogP contribution in [0.4, 0.5) is 5.69 Å². The highest BCUT2D eigenvalue weighted by Crippen LogP contribution is 2.26. The van der Waals surface area contributed by atoms with E-state index in [2.05, 4.69) is 34.2 Å². The van der Waals surface area contributed by atoms with Gasteiger partial charge in [0.1, 0.15) is 0 Å². The monoisotopic (exact) mass is 356 g/mol. The summed E-state index contributed by atoms with van der Waals surface area (Å²) >= 11 is 5.27. The van der Waals surface area contributed by atoms with E-state index >= 15 is 0 Å². The zero-order chi connectivity index (χ0) is 14.5. The average molecular weight is 357 g/mol. The Balaban J connectivity index is 2.04. The Kier molecular flexibility index (Phi) is 5.39. The normalized spacial score (nSPS) is 10.8.